The minimum Gasteiger partial charge on any atom is -0.464 e. The van der Waals surface area contributed by atoms with Gasteiger partial charge >= 0.3 is 0 Å². The molecular formula is C23H28N2O2. The standard InChI is InChI=1S/C23H28N2O2/c1-3-18-10-11-21-20(17-27-22(21)14-18)15-23(26)24-12-7-13-25(2)16-19-8-5-4-6-9-19/h4-6,8-11,14,17H,3,7,12-13,15-16H2,1-2H3,(H,24,26). The second kappa shape index (κ2) is 9.38. The normalized spacial score (nSPS) is 11.2. The van der Waals surface area contributed by atoms with Crippen LogP contribution < -0.4 is 5.32 Å². The highest BCUT2D eigenvalue weighted by molar-refractivity contribution is 5.87. The number of carbonyl (C=O) groups is 1. The quantitative estimate of drug-likeness (QED) is 0.580. The van der Waals surface area contributed by atoms with Crippen molar-refractivity contribution in [2.75, 3.05) is 20.1 Å². The zero-order valence-electron chi connectivity index (χ0n) is 16.2. The maximum Gasteiger partial charge on any atom is 0.224 e. The molecule has 0 saturated carbocycles. The fourth-order valence-corrected chi connectivity index (χ4v) is 3.27. The average Bonchev–Trinajstić information content (AvgIpc) is 3.08. The average molecular weight is 364 g/mol. The predicted molar refractivity (Wildman–Crippen MR) is 110 cm³/mol. The Hall–Kier alpha value is -2.59. The van der Waals surface area contributed by atoms with Gasteiger partial charge in [-0.15, -0.1) is 0 Å². The Morgan fingerprint density at radius 2 is 1.93 bits per heavy atom. The van der Waals surface area contributed by atoms with E-state index in [1.54, 1.807) is 6.26 Å². The van der Waals surface area contributed by atoms with E-state index in [1.165, 1.54) is 11.1 Å². The van der Waals surface area contributed by atoms with Crippen molar-refractivity contribution in [1.29, 1.82) is 0 Å². The minimum atomic E-state index is 0.0444. The summed E-state index contributed by atoms with van der Waals surface area (Å²) in [7, 11) is 2.11. The molecule has 4 nitrogen and oxygen atoms in total. The lowest BCUT2D eigenvalue weighted by Gasteiger charge is -2.16. The summed E-state index contributed by atoms with van der Waals surface area (Å²) in [6.45, 7) is 4.68. The number of furan rings is 1. The van der Waals surface area contributed by atoms with Crippen LogP contribution in [-0.4, -0.2) is 30.9 Å². The summed E-state index contributed by atoms with van der Waals surface area (Å²) in [4.78, 5) is 14.5. The van der Waals surface area contributed by atoms with Gasteiger partial charge in [0.15, 0.2) is 0 Å². The van der Waals surface area contributed by atoms with Crippen LogP contribution in [0.15, 0.2) is 59.2 Å². The first-order valence-corrected chi connectivity index (χ1v) is 9.64. The van der Waals surface area contributed by atoms with Gasteiger partial charge in [-0.2, -0.15) is 0 Å². The van der Waals surface area contributed by atoms with Crippen LogP contribution in [0, 0.1) is 0 Å². The smallest absolute Gasteiger partial charge is 0.224 e. The molecule has 3 rings (SSSR count). The molecule has 0 aliphatic heterocycles. The molecule has 0 aliphatic rings. The summed E-state index contributed by atoms with van der Waals surface area (Å²) in [5.41, 5.74) is 4.36. The van der Waals surface area contributed by atoms with E-state index in [9.17, 15) is 4.79 Å². The Kier molecular flexibility index (Phi) is 6.66. The monoisotopic (exact) mass is 364 g/mol. The number of nitrogens with one attached hydrogen (secondary N) is 1. The Morgan fingerprint density at radius 1 is 1.11 bits per heavy atom. The molecule has 0 radical (unpaired) electrons. The largest absolute Gasteiger partial charge is 0.464 e. The van der Waals surface area contributed by atoms with E-state index in [2.05, 4.69) is 66.7 Å². The number of fused-ring (bicyclic) bond motifs is 1. The Balaban J connectivity index is 1.41. The third-order valence-electron chi connectivity index (χ3n) is 4.81. The van der Waals surface area contributed by atoms with E-state index in [0.29, 0.717) is 13.0 Å². The molecule has 0 atom stereocenters. The van der Waals surface area contributed by atoms with Crippen molar-refractivity contribution in [2.24, 2.45) is 0 Å². The molecule has 1 aromatic heterocycles. The molecule has 1 heterocycles. The maximum absolute atomic E-state index is 12.2. The Bertz CT molecular complexity index is 870. The van der Waals surface area contributed by atoms with E-state index >= 15 is 0 Å². The summed E-state index contributed by atoms with van der Waals surface area (Å²) in [6.07, 6.45) is 3.97. The molecule has 1 N–H and O–H groups in total. The predicted octanol–water partition coefficient (Wildman–Crippen LogP) is 4.18. The van der Waals surface area contributed by atoms with Crippen LogP contribution in [0.3, 0.4) is 0 Å². The highest BCUT2D eigenvalue weighted by Gasteiger charge is 2.10. The highest BCUT2D eigenvalue weighted by atomic mass is 16.3. The number of rotatable bonds is 9. The Labute approximate surface area is 161 Å². The van der Waals surface area contributed by atoms with Crippen molar-refractivity contribution in [1.82, 2.24) is 10.2 Å². The highest BCUT2D eigenvalue weighted by Crippen LogP contribution is 2.23. The van der Waals surface area contributed by atoms with Crippen LogP contribution in [0.5, 0.6) is 0 Å². The second-order valence-electron chi connectivity index (χ2n) is 7.05. The van der Waals surface area contributed by atoms with Gasteiger partial charge in [-0.25, -0.2) is 0 Å². The van der Waals surface area contributed by atoms with Gasteiger partial charge in [0, 0.05) is 24.0 Å². The summed E-state index contributed by atoms with van der Waals surface area (Å²) in [5, 5.41) is 4.05. The lowest BCUT2D eigenvalue weighted by Crippen LogP contribution is -2.29. The van der Waals surface area contributed by atoms with Gasteiger partial charge in [0.2, 0.25) is 5.91 Å². The zero-order valence-corrected chi connectivity index (χ0v) is 16.2. The molecule has 3 aromatic rings. The molecular weight excluding hydrogens is 336 g/mol. The second-order valence-corrected chi connectivity index (χ2v) is 7.05. The van der Waals surface area contributed by atoms with E-state index in [0.717, 1.165) is 42.5 Å². The molecule has 142 valence electrons. The van der Waals surface area contributed by atoms with E-state index in [1.807, 2.05) is 6.07 Å². The van der Waals surface area contributed by atoms with Crippen LogP contribution in [0.4, 0.5) is 0 Å². The van der Waals surface area contributed by atoms with Crippen LogP contribution in [-0.2, 0) is 24.2 Å². The third-order valence-corrected chi connectivity index (χ3v) is 4.81. The van der Waals surface area contributed by atoms with Gasteiger partial charge in [-0.3, -0.25) is 4.79 Å². The molecule has 2 aromatic carbocycles. The van der Waals surface area contributed by atoms with E-state index < -0.39 is 0 Å². The van der Waals surface area contributed by atoms with Gasteiger partial charge in [0.1, 0.15) is 5.58 Å². The van der Waals surface area contributed by atoms with E-state index in [4.69, 9.17) is 4.42 Å². The van der Waals surface area contributed by atoms with Crippen molar-refractivity contribution >= 4 is 16.9 Å². The molecule has 0 unspecified atom stereocenters. The van der Waals surface area contributed by atoms with Crippen molar-refractivity contribution in [3.05, 3.63) is 71.5 Å². The number of nitrogens with zero attached hydrogens (tertiary/aromatic N) is 1. The van der Waals surface area contributed by atoms with Crippen LogP contribution in [0.25, 0.3) is 11.0 Å². The lowest BCUT2D eigenvalue weighted by atomic mass is 10.1. The van der Waals surface area contributed by atoms with Gasteiger partial charge < -0.3 is 14.6 Å². The number of benzene rings is 2. The Morgan fingerprint density at radius 3 is 2.70 bits per heavy atom. The number of hydrogen-bond donors (Lipinski definition) is 1. The topological polar surface area (TPSA) is 45.5 Å². The van der Waals surface area contributed by atoms with Crippen molar-refractivity contribution < 1.29 is 9.21 Å². The number of amides is 1. The third kappa shape index (κ3) is 5.44. The molecule has 0 bridgehead atoms. The number of carbonyl (C=O) groups excluding carboxylic acids is 1. The first-order valence-electron chi connectivity index (χ1n) is 9.64. The van der Waals surface area contributed by atoms with Gasteiger partial charge in [-0.05, 0) is 43.6 Å². The van der Waals surface area contributed by atoms with Crippen LogP contribution >= 0.6 is 0 Å². The van der Waals surface area contributed by atoms with Crippen molar-refractivity contribution in [3.63, 3.8) is 0 Å². The van der Waals surface area contributed by atoms with Crippen molar-refractivity contribution in [2.45, 2.75) is 32.7 Å². The van der Waals surface area contributed by atoms with Gasteiger partial charge in [-0.1, -0.05) is 49.4 Å². The van der Waals surface area contributed by atoms with Crippen LogP contribution in [0.2, 0.25) is 0 Å². The summed E-state index contributed by atoms with van der Waals surface area (Å²) < 4.78 is 5.62. The molecule has 0 fully saturated rings. The summed E-state index contributed by atoms with van der Waals surface area (Å²) in [5.74, 6) is 0.0444. The fraction of sp³-hybridized carbons (Fsp3) is 0.348. The molecule has 0 saturated heterocycles. The number of aryl methyl sites for hydroxylation is 1. The summed E-state index contributed by atoms with van der Waals surface area (Å²) in [6, 6.07) is 16.6. The minimum absolute atomic E-state index is 0.0444. The van der Waals surface area contributed by atoms with Gasteiger partial charge in [0.25, 0.3) is 0 Å². The van der Waals surface area contributed by atoms with Gasteiger partial charge in [0.05, 0.1) is 12.7 Å². The van der Waals surface area contributed by atoms with E-state index in [-0.39, 0.29) is 5.91 Å². The first kappa shape index (κ1) is 19.2. The zero-order chi connectivity index (χ0) is 19.1. The summed E-state index contributed by atoms with van der Waals surface area (Å²) >= 11 is 0. The molecule has 27 heavy (non-hydrogen) atoms. The maximum atomic E-state index is 12.2. The van der Waals surface area contributed by atoms with Crippen molar-refractivity contribution in [3.8, 4) is 0 Å². The molecule has 1 amide bonds. The molecule has 4 heteroatoms. The fourth-order valence-electron chi connectivity index (χ4n) is 3.27. The molecule has 0 aliphatic carbocycles. The molecule has 0 spiro atoms. The lowest BCUT2D eigenvalue weighted by molar-refractivity contribution is -0.120. The first-order chi connectivity index (χ1) is 13.2. The van der Waals surface area contributed by atoms with Crippen LogP contribution in [0.1, 0.15) is 30.0 Å². The number of hydrogen-bond acceptors (Lipinski definition) is 3. The SMILES string of the molecule is CCc1ccc2c(CC(=O)NCCCN(C)Cc3ccccc3)coc2c1.